The number of nitrogens with one attached hydrogen (secondary N) is 2. The van der Waals surface area contributed by atoms with Gasteiger partial charge in [-0.15, -0.1) is 0 Å². The SMILES string of the molecule is CC(=O)NCCNC(=O)CCC(=O)N1CCC[C@H]1C(=O)O. The molecule has 8 nitrogen and oxygen atoms in total. The molecule has 1 heterocycles. The average Bonchev–Trinajstić information content (AvgIpc) is 2.90. The number of carboxylic acids is 1. The van der Waals surface area contributed by atoms with Gasteiger partial charge in [-0.05, 0) is 12.8 Å². The Bertz CT molecular complexity index is 424. The fraction of sp³-hybridized carbons (Fsp3) is 0.692. The number of carbonyl (C=O) groups excluding carboxylic acids is 3. The van der Waals surface area contributed by atoms with Crippen LogP contribution in [0.1, 0.15) is 32.6 Å². The molecule has 118 valence electrons. The maximum Gasteiger partial charge on any atom is 0.326 e. The van der Waals surface area contributed by atoms with Gasteiger partial charge in [0.1, 0.15) is 6.04 Å². The van der Waals surface area contributed by atoms with Crippen LogP contribution in [0.5, 0.6) is 0 Å². The van der Waals surface area contributed by atoms with Gasteiger partial charge in [0.05, 0.1) is 0 Å². The third kappa shape index (κ3) is 5.80. The molecule has 21 heavy (non-hydrogen) atoms. The Morgan fingerprint density at radius 3 is 2.43 bits per heavy atom. The molecule has 0 aromatic rings. The first-order chi connectivity index (χ1) is 9.91. The second kappa shape index (κ2) is 8.23. The van der Waals surface area contributed by atoms with Gasteiger partial charge in [-0.25, -0.2) is 4.79 Å². The zero-order chi connectivity index (χ0) is 15.8. The number of hydrogen-bond donors (Lipinski definition) is 3. The molecule has 0 aromatic carbocycles. The number of likely N-dealkylation sites (tertiary alicyclic amines) is 1. The van der Waals surface area contributed by atoms with Crippen LogP contribution < -0.4 is 10.6 Å². The van der Waals surface area contributed by atoms with Crippen LogP contribution in [0.4, 0.5) is 0 Å². The predicted octanol–water partition coefficient (Wildman–Crippen LogP) is -0.905. The highest BCUT2D eigenvalue weighted by atomic mass is 16.4. The minimum Gasteiger partial charge on any atom is -0.480 e. The summed E-state index contributed by atoms with van der Waals surface area (Å²) in [5, 5.41) is 14.1. The smallest absolute Gasteiger partial charge is 0.326 e. The lowest BCUT2D eigenvalue weighted by Gasteiger charge is -2.21. The van der Waals surface area contributed by atoms with Crippen molar-refractivity contribution >= 4 is 23.7 Å². The molecule has 1 fully saturated rings. The van der Waals surface area contributed by atoms with E-state index in [4.69, 9.17) is 5.11 Å². The van der Waals surface area contributed by atoms with Gasteiger partial charge < -0.3 is 20.6 Å². The van der Waals surface area contributed by atoms with E-state index in [0.29, 0.717) is 32.5 Å². The van der Waals surface area contributed by atoms with Crippen LogP contribution in [0, 0.1) is 0 Å². The molecule has 0 spiro atoms. The maximum atomic E-state index is 11.9. The van der Waals surface area contributed by atoms with E-state index in [-0.39, 0.29) is 30.6 Å². The maximum absolute atomic E-state index is 11.9. The topological polar surface area (TPSA) is 116 Å². The number of rotatable bonds is 7. The van der Waals surface area contributed by atoms with Crippen molar-refractivity contribution in [2.75, 3.05) is 19.6 Å². The number of amides is 3. The molecule has 0 saturated carbocycles. The summed E-state index contributed by atoms with van der Waals surface area (Å²) < 4.78 is 0. The lowest BCUT2D eigenvalue weighted by Crippen LogP contribution is -2.41. The second-order valence-corrected chi connectivity index (χ2v) is 4.92. The monoisotopic (exact) mass is 299 g/mol. The number of hydrogen-bond acceptors (Lipinski definition) is 4. The van der Waals surface area contributed by atoms with Crippen molar-refractivity contribution in [3.8, 4) is 0 Å². The second-order valence-electron chi connectivity index (χ2n) is 4.92. The van der Waals surface area contributed by atoms with Crippen LogP contribution in [0.25, 0.3) is 0 Å². The lowest BCUT2D eigenvalue weighted by atomic mass is 10.2. The molecule has 0 aliphatic carbocycles. The summed E-state index contributed by atoms with van der Waals surface area (Å²) in [4.78, 5) is 46.3. The molecular weight excluding hydrogens is 278 g/mol. The molecule has 1 saturated heterocycles. The van der Waals surface area contributed by atoms with Crippen LogP contribution >= 0.6 is 0 Å². The predicted molar refractivity (Wildman–Crippen MR) is 73.3 cm³/mol. The molecule has 8 heteroatoms. The van der Waals surface area contributed by atoms with Crippen molar-refractivity contribution in [2.24, 2.45) is 0 Å². The lowest BCUT2D eigenvalue weighted by molar-refractivity contribution is -0.148. The van der Waals surface area contributed by atoms with Gasteiger partial charge in [0.15, 0.2) is 0 Å². The van der Waals surface area contributed by atoms with E-state index in [0.717, 1.165) is 0 Å². The van der Waals surface area contributed by atoms with E-state index in [1.807, 2.05) is 0 Å². The summed E-state index contributed by atoms with van der Waals surface area (Å²) >= 11 is 0. The van der Waals surface area contributed by atoms with Gasteiger partial charge in [0.25, 0.3) is 0 Å². The molecule has 3 N–H and O–H groups in total. The Hall–Kier alpha value is -2.12. The Morgan fingerprint density at radius 1 is 1.14 bits per heavy atom. The van der Waals surface area contributed by atoms with Gasteiger partial charge >= 0.3 is 5.97 Å². The van der Waals surface area contributed by atoms with Crippen LogP contribution in [-0.4, -0.2) is 59.4 Å². The molecule has 0 bridgehead atoms. The van der Waals surface area contributed by atoms with Gasteiger partial charge in [-0.3, -0.25) is 14.4 Å². The Balaban J connectivity index is 2.24. The highest BCUT2D eigenvalue weighted by Crippen LogP contribution is 2.18. The summed E-state index contributed by atoms with van der Waals surface area (Å²) in [7, 11) is 0. The third-order valence-electron chi connectivity index (χ3n) is 3.25. The van der Waals surface area contributed by atoms with E-state index in [1.54, 1.807) is 0 Å². The van der Waals surface area contributed by atoms with Crippen LogP contribution in [0.2, 0.25) is 0 Å². The van der Waals surface area contributed by atoms with Crippen molar-refractivity contribution < 1.29 is 24.3 Å². The number of aliphatic carboxylic acids is 1. The molecule has 1 aliphatic heterocycles. The molecule has 1 atom stereocenters. The molecule has 0 aromatic heterocycles. The number of carbonyl (C=O) groups is 4. The standard InChI is InChI=1S/C13H21N3O5/c1-9(17)14-6-7-15-11(18)4-5-12(19)16-8-2-3-10(16)13(20)21/h10H,2-8H2,1H3,(H,14,17)(H,15,18)(H,20,21)/t10-/m0/s1. The number of carboxylic acid groups (broad SMARTS) is 1. The van der Waals surface area contributed by atoms with Crippen LogP contribution in [-0.2, 0) is 19.2 Å². The van der Waals surface area contributed by atoms with E-state index in [1.165, 1.54) is 11.8 Å². The summed E-state index contributed by atoms with van der Waals surface area (Å²) in [6, 6.07) is -0.764. The van der Waals surface area contributed by atoms with Crippen molar-refractivity contribution in [1.29, 1.82) is 0 Å². The average molecular weight is 299 g/mol. The number of nitrogens with zero attached hydrogens (tertiary/aromatic N) is 1. The highest BCUT2D eigenvalue weighted by molar-refractivity contribution is 5.87. The van der Waals surface area contributed by atoms with Crippen LogP contribution in [0.15, 0.2) is 0 Å². The normalized spacial score (nSPS) is 17.4. The highest BCUT2D eigenvalue weighted by Gasteiger charge is 2.33. The minimum absolute atomic E-state index is 0.00422. The fourth-order valence-corrected chi connectivity index (χ4v) is 2.21. The first kappa shape index (κ1) is 16.9. The van der Waals surface area contributed by atoms with E-state index in [9.17, 15) is 19.2 Å². The van der Waals surface area contributed by atoms with Gasteiger partial charge in [-0.2, -0.15) is 0 Å². The van der Waals surface area contributed by atoms with Gasteiger partial charge in [0.2, 0.25) is 17.7 Å². The minimum atomic E-state index is -0.999. The van der Waals surface area contributed by atoms with Crippen molar-refractivity contribution in [3.63, 3.8) is 0 Å². The Morgan fingerprint density at radius 2 is 1.81 bits per heavy atom. The fourth-order valence-electron chi connectivity index (χ4n) is 2.21. The van der Waals surface area contributed by atoms with Crippen molar-refractivity contribution in [1.82, 2.24) is 15.5 Å². The first-order valence-corrected chi connectivity index (χ1v) is 6.95. The summed E-state index contributed by atoms with van der Waals surface area (Å²) in [6.45, 7) is 2.45. The Kier molecular flexibility index (Phi) is 6.64. The molecule has 0 radical (unpaired) electrons. The summed E-state index contributed by atoms with van der Waals surface area (Å²) in [5.41, 5.74) is 0. The molecule has 1 rings (SSSR count). The van der Waals surface area contributed by atoms with Crippen molar-refractivity contribution in [2.45, 2.75) is 38.6 Å². The molecule has 3 amide bonds. The third-order valence-corrected chi connectivity index (χ3v) is 3.25. The van der Waals surface area contributed by atoms with E-state index in [2.05, 4.69) is 10.6 Å². The van der Waals surface area contributed by atoms with E-state index >= 15 is 0 Å². The van der Waals surface area contributed by atoms with Gasteiger partial charge in [-0.1, -0.05) is 0 Å². The Labute approximate surface area is 122 Å². The van der Waals surface area contributed by atoms with Gasteiger partial charge in [0, 0.05) is 39.4 Å². The molecular formula is C13H21N3O5. The van der Waals surface area contributed by atoms with Crippen molar-refractivity contribution in [3.05, 3.63) is 0 Å². The van der Waals surface area contributed by atoms with E-state index < -0.39 is 12.0 Å². The zero-order valence-corrected chi connectivity index (χ0v) is 12.1. The molecule has 0 unspecified atom stereocenters. The van der Waals surface area contributed by atoms with Crippen LogP contribution in [0.3, 0.4) is 0 Å². The first-order valence-electron chi connectivity index (χ1n) is 6.95. The quantitative estimate of drug-likeness (QED) is 0.527. The zero-order valence-electron chi connectivity index (χ0n) is 12.1. The summed E-state index contributed by atoms with van der Waals surface area (Å²) in [5.74, 6) is -1.77. The molecule has 1 aliphatic rings. The largest absolute Gasteiger partial charge is 0.480 e. The summed E-state index contributed by atoms with van der Waals surface area (Å²) in [6.07, 6.45) is 1.15.